The summed E-state index contributed by atoms with van der Waals surface area (Å²) >= 11 is 5.85. The molecule has 0 spiro atoms. The van der Waals surface area contributed by atoms with Crippen LogP contribution in [0.3, 0.4) is 0 Å². The monoisotopic (exact) mass is 714 g/mol. The lowest BCUT2D eigenvalue weighted by Gasteiger charge is -2.25. The quantitative estimate of drug-likeness (QED) is 0.272. The molecule has 1 aliphatic heterocycles. The molecule has 0 amide bonds. The van der Waals surface area contributed by atoms with Crippen molar-refractivity contribution in [2.24, 2.45) is 4.99 Å². The van der Waals surface area contributed by atoms with Crippen molar-refractivity contribution >= 4 is 68.6 Å². The van der Waals surface area contributed by atoms with Gasteiger partial charge in [-0.3, -0.25) is 9.36 Å². The normalized spacial score (nSPS) is 15.7. The summed E-state index contributed by atoms with van der Waals surface area (Å²) in [5.74, 6) is 0.373. The number of ether oxygens (including phenoxy) is 2. The largest absolute Gasteiger partial charge is 0.489 e. The number of carbonyl (C=O) groups excluding carboxylic acids is 1. The smallest absolute Gasteiger partial charge is 0.338 e. The van der Waals surface area contributed by atoms with E-state index in [0.717, 1.165) is 24.0 Å². The summed E-state index contributed by atoms with van der Waals surface area (Å²) in [5, 5.41) is 0. The molecule has 0 radical (unpaired) electrons. The lowest BCUT2D eigenvalue weighted by molar-refractivity contribution is -0.136. The van der Waals surface area contributed by atoms with Gasteiger partial charge in [-0.05, 0) is 94.8 Å². The van der Waals surface area contributed by atoms with Crippen molar-refractivity contribution in [3.63, 3.8) is 0 Å². The third-order valence-corrected chi connectivity index (χ3v) is 8.02. The number of esters is 1. The van der Waals surface area contributed by atoms with Gasteiger partial charge in [0.2, 0.25) is 0 Å². The second-order valence-corrected chi connectivity index (χ2v) is 11.5. The number of methoxy groups -OCH3 is 1. The number of aromatic nitrogens is 1. The number of benzene rings is 2. The number of hydrogen-bond acceptors (Lipinski definition) is 6. The second kappa shape index (κ2) is 11.0. The topological polar surface area (TPSA) is 69.9 Å². The average molecular weight is 714 g/mol. The molecule has 9 heteroatoms. The van der Waals surface area contributed by atoms with E-state index in [-0.39, 0.29) is 11.7 Å². The molecule has 35 heavy (non-hydrogen) atoms. The van der Waals surface area contributed by atoms with Gasteiger partial charge < -0.3 is 9.47 Å². The van der Waals surface area contributed by atoms with Gasteiger partial charge in [0.05, 0.1) is 42.2 Å². The van der Waals surface area contributed by atoms with Gasteiger partial charge in [0.25, 0.3) is 5.56 Å². The molecule has 3 aromatic rings. The summed E-state index contributed by atoms with van der Waals surface area (Å²) in [4.78, 5) is 31.8. The highest BCUT2D eigenvalue weighted by molar-refractivity contribution is 14.1. The zero-order valence-corrected chi connectivity index (χ0v) is 24.8. The molecule has 1 aromatic heterocycles. The highest BCUT2D eigenvalue weighted by atomic mass is 127. The van der Waals surface area contributed by atoms with E-state index in [2.05, 4.69) is 45.2 Å². The second-order valence-electron chi connectivity index (χ2n) is 8.18. The van der Waals surface area contributed by atoms with Crippen LogP contribution in [0.2, 0.25) is 0 Å². The van der Waals surface area contributed by atoms with Crippen molar-refractivity contribution in [1.29, 1.82) is 0 Å². The summed E-state index contributed by atoms with van der Waals surface area (Å²) in [6.45, 7) is 5.94. The van der Waals surface area contributed by atoms with Crippen LogP contribution < -0.4 is 19.6 Å². The predicted molar refractivity (Wildman–Crippen MR) is 154 cm³/mol. The van der Waals surface area contributed by atoms with E-state index in [4.69, 9.17) is 14.5 Å². The molecule has 0 saturated heterocycles. The van der Waals surface area contributed by atoms with E-state index in [1.54, 1.807) is 4.57 Å². The minimum atomic E-state index is -0.598. The van der Waals surface area contributed by atoms with Crippen LogP contribution >= 0.6 is 56.5 Å². The Balaban J connectivity index is 1.93. The third kappa shape index (κ3) is 5.26. The molecule has 6 nitrogen and oxygen atoms in total. The molecule has 0 aliphatic carbocycles. The van der Waals surface area contributed by atoms with Crippen molar-refractivity contribution in [3.8, 4) is 5.75 Å². The molecule has 0 saturated carbocycles. The number of rotatable bonds is 6. The van der Waals surface area contributed by atoms with Crippen LogP contribution in [0.4, 0.5) is 0 Å². The minimum Gasteiger partial charge on any atom is -0.489 e. The number of fused-ring (bicyclic) bond motifs is 1. The van der Waals surface area contributed by atoms with Crippen LogP contribution in [0.15, 0.2) is 63.5 Å². The zero-order chi connectivity index (χ0) is 25.3. The van der Waals surface area contributed by atoms with Crippen LogP contribution in [0.5, 0.6) is 5.75 Å². The van der Waals surface area contributed by atoms with E-state index in [1.165, 1.54) is 18.4 Å². The Labute approximate surface area is 234 Å². The highest BCUT2D eigenvalue weighted by Gasteiger charge is 2.33. The van der Waals surface area contributed by atoms with Gasteiger partial charge in [0.15, 0.2) is 4.80 Å². The predicted octanol–water partition coefficient (Wildman–Crippen LogP) is 4.79. The minimum absolute atomic E-state index is 0.0707. The number of halogens is 2. The molecule has 4 rings (SSSR count). The van der Waals surface area contributed by atoms with Crippen LogP contribution in [-0.2, 0) is 9.53 Å². The van der Waals surface area contributed by atoms with Gasteiger partial charge in [0, 0.05) is 0 Å². The number of allylic oxidation sites excluding steroid dienone is 1. The zero-order valence-electron chi connectivity index (χ0n) is 19.7. The average Bonchev–Trinajstić information content (AvgIpc) is 3.14. The van der Waals surface area contributed by atoms with E-state index < -0.39 is 12.0 Å². The van der Waals surface area contributed by atoms with Gasteiger partial charge in [-0.25, -0.2) is 9.79 Å². The Kier molecular flexibility index (Phi) is 8.16. The first-order valence-electron chi connectivity index (χ1n) is 11.1. The summed E-state index contributed by atoms with van der Waals surface area (Å²) in [6, 6.07) is 13.0. The number of hydrogen-bond donors (Lipinski definition) is 0. The van der Waals surface area contributed by atoms with Crippen LogP contribution in [0.1, 0.15) is 44.4 Å². The summed E-state index contributed by atoms with van der Waals surface area (Å²) in [5.41, 5.74) is 2.59. The van der Waals surface area contributed by atoms with Crippen molar-refractivity contribution in [1.82, 2.24) is 4.57 Å². The Bertz CT molecular complexity index is 1470. The Morgan fingerprint density at radius 3 is 2.43 bits per heavy atom. The molecular formula is C26H24I2N2O4S. The van der Waals surface area contributed by atoms with Crippen LogP contribution in [-0.4, -0.2) is 23.8 Å². The lowest BCUT2D eigenvalue weighted by Crippen LogP contribution is -2.40. The standard InChI is InChI=1S/C26H24I2N2O4S/c1-5-19-21(25(32)33-4)22(16-9-7-6-8-10-16)30-24(31)20(35-26(30)29-19)13-15-11-17(27)23(18(28)12-15)34-14(2)3/h6-14,22H,5H2,1-4H3/b20-13+/t22-/m1/s1. The summed E-state index contributed by atoms with van der Waals surface area (Å²) < 4.78 is 15.2. The lowest BCUT2D eigenvalue weighted by atomic mass is 9.95. The molecule has 0 N–H and O–H groups in total. The van der Waals surface area contributed by atoms with E-state index in [1.807, 2.05) is 69.3 Å². The van der Waals surface area contributed by atoms with Gasteiger partial charge in [0.1, 0.15) is 5.75 Å². The molecule has 2 heterocycles. The fraction of sp³-hybridized carbons (Fsp3) is 0.269. The SMILES string of the molecule is CCC1=C(C(=O)OC)[C@@H](c2ccccc2)n2c(s/c(=C/c3cc(I)c(OC(C)C)c(I)c3)c2=O)=N1. The van der Waals surface area contributed by atoms with Gasteiger partial charge in [-0.2, -0.15) is 0 Å². The van der Waals surface area contributed by atoms with E-state index in [9.17, 15) is 9.59 Å². The third-order valence-electron chi connectivity index (χ3n) is 5.44. The molecule has 1 atom stereocenters. The van der Waals surface area contributed by atoms with E-state index in [0.29, 0.717) is 27.0 Å². The highest BCUT2D eigenvalue weighted by Crippen LogP contribution is 2.32. The molecule has 0 unspecified atom stereocenters. The Morgan fingerprint density at radius 2 is 1.86 bits per heavy atom. The van der Waals surface area contributed by atoms with Crippen molar-refractivity contribution in [3.05, 3.63) is 91.7 Å². The molecule has 182 valence electrons. The van der Waals surface area contributed by atoms with E-state index >= 15 is 0 Å². The maximum Gasteiger partial charge on any atom is 0.338 e. The summed E-state index contributed by atoms with van der Waals surface area (Å²) in [6.07, 6.45) is 2.50. The Hall–Kier alpha value is -1.99. The maximum absolute atomic E-state index is 13.7. The first-order chi connectivity index (χ1) is 16.7. The number of nitrogens with zero attached hydrogens (tertiary/aromatic N) is 2. The van der Waals surface area contributed by atoms with Crippen LogP contribution in [0, 0.1) is 7.14 Å². The molecular weight excluding hydrogens is 690 g/mol. The van der Waals surface area contributed by atoms with Gasteiger partial charge in [-0.1, -0.05) is 48.6 Å². The Morgan fingerprint density at radius 1 is 1.20 bits per heavy atom. The van der Waals surface area contributed by atoms with Crippen LogP contribution in [0.25, 0.3) is 6.08 Å². The first kappa shape index (κ1) is 26.1. The molecule has 0 bridgehead atoms. The fourth-order valence-electron chi connectivity index (χ4n) is 3.98. The van der Waals surface area contributed by atoms with Gasteiger partial charge >= 0.3 is 5.97 Å². The molecule has 0 fully saturated rings. The van der Waals surface area contributed by atoms with Crippen molar-refractivity contribution in [2.45, 2.75) is 39.3 Å². The van der Waals surface area contributed by atoms with Gasteiger partial charge in [-0.15, -0.1) is 0 Å². The fourth-order valence-corrected chi connectivity index (χ4v) is 7.07. The maximum atomic E-state index is 13.7. The van der Waals surface area contributed by atoms with Crippen molar-refractivity contribution in [2.75, 3.05) is 7.11 Å². The molecule has 1 aliphatic rings. The number of thiazole rings is 1. The van der Waals surface area contributed by atoms with Crippen molar-refractivity contribution < 1.29 is 14.3 Å². The summed E-state index contributed by atoms with van der Waals surface area (Å²) in [7, 11) is 1.35. The number of carbonyl (C=O) groups is 1. The first-order valence-corrected chi connectivity index (χ1v) is 14.1. The molecule has 2 aromatic carbocycles.